The van der Waals surface area contributed by atoms with Crippen molar-refractivity contribution in [3.05, 3.63) is 135 Å². The molecule has 0 saturated carbocycles. The van der Waals surface area contributed by atoms with Crippen molar-refractivity contribution < 1.29 is 90.2 Å². The molecule has 0 aromatic heterocycles. The number of benzene rings is 7. The Labute approximate surface area is 348 Å². The van der Waals surface area contributed by atoms with E-state index in [1.54, 1.807) is 48.5 Å². The van der Waals surface area contributed by atoms with E-state index in [1.165, 1.54) is 12.1 Å². The summed E-state index contributed by atoms with van der Waals surface area (Å²) in [5.41, 5.74) is -1.16. The van der Waals surface area contributed by atoms with E-state index in [9.17, 15) is 53.6 Å². The van der Waals surface area contributed by atoms with E-state index in [-0.39, 0.29) is 91.9 Å². The summed E-state index contributed by atoms with van der Waals surface area (Å²) in [6.45, 7) is 0. The van der Waals surface area contributed by atoms with Crippen LogP contribution in [-0.4, -0.2) is 22.8 Å². The first-order valence-corrected chi connectivity index (χ1v) is 16.7. The van der Waals surface area contributed by atoms with Crippen LogP contribution in [0.1, 0.15) is 0 Å². The second-order valence-electron chi connectivity index (χ2n) is 11.3. The Hall–Kier alpha value is -6.04. The van der Waals surface area contributed by atoms with Crippen LogP contribution in [0.5, 0.6) is 23.0 Å². The molecule has 1 N–H and O–H groups in total. The molecule has 0 spiro atoms. The van der Waals surface area contributed by atoms with Crippen molar-refractivity contribution in [2.45, 2.75) is 4.90 Å². The zero-order valence-electron chi connectivity index (χ0n) is 28.5. The third kappa shape index (κ3) is 9.08. The van der Waals surface area contributed by atoms with Crippen LogP contribution in [0.15, 0.2) is 141 Å². The predicted octanol–water partition coefficient (Wildman–Crippen LogP) is 4.02. The molecule has 0 aliphatic rings. The van der Waals surface area contributed by atoms with Gasteiger partial charge in [0.05, 0.1) is 32.6 Å². The Morgan fingerprint density at radius 2 is 0.946 bits per heavy atom. The topological polar surface area (TPSA) is 282 Å². The zero-order chi connectivity index (χ0) is 38.7. The number of rotatable bonds is 7. The average molecular weight is 820 g/mol. The largest absolute Gasteiger partial charge is 3.00 e. The SMILES string of the molecule is O=[N+]([O-])c1ccc([O-])c(N=Nc2c([O-])ccc3ccccc23)c1.O=[N+]([O-])c1ccc2c(N=Nc3c([O-])ccc4ccccc34)c([O-])cc(S(=O)(=O)O)c2c1.[Cr+3].[Na+]. The number of nitrogens with zero attached hydrogens (tertiary/aromatic N) is 6. The third-order valence-corrected chi connectivity index (χ3v) is 8.79. The number of hydrogen-bond acceptors (Lipinski definition) is 14. The maximum Gasteiger partial charge on any atom is 3.00 e. The van der Waals surface area contributed by atoms with Gasteiger partial charge in [-0.25, -0.2) is 0 Å². The van der Waals surface area contributed by atoms with Gasteiger partial charge in [-0.1, -0.05) is 102 Å². The first-order valence-electron chi connectivity index (χ1n) is 15.3. The molecule has 20 heteroatoms. The molecular formula is C36H20CrN6NaO11S. The normalized spacial score (nSPS) is 11.2. The molecule has 0 saturated heterocycles. The first-order chi connectivity index (χ1) is 25.7. The summed E-state index contributed by atoms with van der Waals surface area (Å²) in [6.07, 6.45) is 0. The molecule has 0 bridgehead atoms. The van der Waals surface area contributed by atoms with E-state index < -0.39 is 47.8 Å². The number of non-ortho nitro benzene ring substituents is 2. The van der Waals surface area contributed by atoms with Crippen molar-refractivity contribution in [2.24, 2.45) is 20.5 Å². The van der Waals surface area contributed by atoms with Gasteiger partial charge < -0.3 is 20.4 Å². The summed E-state index contributed by atoms with van der Waals surface area (Å²) in [4.78, 5) is 19.7. The van der Waals surface area contributed by atoms with Gasteiger partial charge in [0.15, 0.2) is 0 Å². The molecular weight excluding hydrogens is 799 g/mol. The minimum atomic E-state index is -4.86. The standard InChI is InChI=1S/C20H13N3O7S.C16H11N3O4.Cr.Na/c24-16-8-5-11-3-1-2-4-13(11)19(16)21-22-20-14-7-6-12(23(26)27)9-15(14)18(10-17(20)25)31(28,29)30;20-14-8-6-11(19(22)23)9-13(14)17-18-16-12-4-2-1-3-10(12)5-7-15(16)21;;/h1-10,24-25H,(H,28,29,30);1-9,20-21H;;/q;;+3;+1/p-4. The molecule has 1 radical (unpaired) electrons. The van der Waals surface area contributed by atoms with E-state index in [1.807, 2.05) is 12.1 Å². The molecule has 0 amide bonds. The van der Waals surface area contributed by atoms with Gasteiger partial charge in [0.2, 0.25) is 0 Å². The van der Waals surface area contributed by atoms with Crippen molar-refractivity contribution in [2.75, 3.05) is 0 Å². The van der Waals surface area contributed by atoms with Gasteiger partial charge >= 0.3 is 46.9 Å². The Balaban J connectivity index is 0.000000250. The Bertz CT molecular complexity index is 2840. The maximum absolute atomic E-state index is 12.5. The Morgan fingerprint density at radius 3 is 1.46 bits per heavy atom. The monoisotopic (exact) mass is 819 g/mol. The summed E-state index contributed by atoms with van der Waals surface area (Å²) in [6, 6.07) is 26.9. The van der Waals surface area contributed by atoms with E-state index in [2.05, 4.69) is 20.5 Å². The molecule has 0 fully saturated rings. The van der Waals surface area contributed by atoms with Gasteiger partial charge in [0.25, 0.3) is 21.5 Å². The van der Waals surface area contributed by atoms with Crippen LogP contribution in [0.4, 0.5) is 34.1 Å². The summed E-state index contributed by atoms with van der Waals surface area (Å²) in [5.74, 6) is -2.19. The first kappa shape index (κ1) is 42.7. The number of fused-ring (bicyclic) bond motifs is 3. The summed E-state index contributed by atoms with van der Waals surface area (Å²) in [7, 11) is -4.86. The predicted molar refractivity (Wildman–Crippen MR) is 188 cm³/mol. The zero-order valence-corrected chi connectivity index (χ0v) is 32.6. The summed E-state index contributed by atoms with van der Waals surface area (Å²) < 4.78 is 32.9. The quantitative estimate of drug-likeness (QED) is 0.0788. The molecule has 0 aliphatic carbocycles. The summed E-state index contributed by atoms with van der Waals surface area (Å²) >= 11 is 0. The van der Waals surface area contributed by atoms with Crippen LogP contribution in [0.2, 0.25) is 0 Å². The van der Waals surface area contributed by atoms with Crippen LogP contribution >= 0.6 is 0 Å². The molecule has 56 heavy (non-hydrogen) atoms. The molecule has 0 aliphatic heterocycles. The number of hydrogen-bond donors (Lipinski definition) is 1. The number of nitro benzene ring substituents is 2. The van der Waals surface area contributed by atoms with Gasteiger partial charge in [-0.05, 0) is 22.9 Å². The number of azo groups is 2. The Kier molecular flexibility index (Phi) is 13.4. The van der Waals surface area contributed by atoms with Gasteiger partial charge in [0.1, 0.15) is 4.90 Å². The van der Waals surface area contributed by atoms with E-state index in [0.717, 1.165) is 47.2 Å². The van der Waals surface area contributed by atoms with Crippen LogP contribution in [-0.2, 0) is 27.5 Å². The molecule has 0 heterocycles. The van der Waals surface area contributed by atoms with Crippen LogP contribution in [0.25, 0.3) is 32.3 Å². The second-order valence-corrected chi connectivity index (χ2v) is 12.6. The fraction of sp³-hybridized carbons (Fsp3) is 0. The smallest absolute Gasteiger partial charge is 0.871 e. The van der Waals surface area contributed by atoms with Gasteiger partial charge in [-0.3, -0.25) is 24.8 Å². The fourth-order valence-electron chi connectivity index (χ4n) is 5.35. The molecule has 7 aromatic rings. The molecule has 0 unspecified atom stereocenters. The maximum atomic E-state index is 12.5. The minimum Gasteiger partial charge on any atom is -0.871 e. The fourth-order valence-corrected chi connectivity index (χ4v) is 6.05. The van der Waals surface area contributed by atoms with E-state index >= 15 is 0 Å². The van der Waals surface area contributed by atoms with Crippen LogP contribution in [0.3, 0.4) is 0 Å². The summed E-state index contributed by atoms with van der Waals surface area (Å²) in [5, 5.41) is 88.0. The Morgan fingerprint density at radius 1 is 0.500 bits per heavy atom. The van der Waals surface area contributed by atoms with Crippen molar-refractivity contribution in [1.29, 1.82) is 0 Å². The van der Waals surface area contributed by atoms with Gasteiger partial charge in [-0.15, -0.1) is 0 Å². The second kappa shape index (κ2) is 17.6. The van der Waals surface area contributed by atoms with Crippen molar-refractivity contribution in [3.8, 4) is 23.0 Å². The average Bonchev–Trinajstić information content (AvgIpc) is 3.14. The molecule has 273 valence electrons. The third-order valence-electron chi connectivity index (χ3n) is 7.90. The molecule has 17 nitrogen and oxygen atoms in total. The van der Waals surface area contributed by atoms with E-state index in [0.29, 0.717) is 16.8 Å². The number of nitro groups is 2. The van der Waals surface area contributed by atoms with Crippen molar-refractivity contribution in [1.82, 2.24) is 0 Å². The molecule has 7 rings (SSSR count). The molecule has 7 aromatic carbocycles. The van der Waals surface area contributed by atoms with Gasteiger partial charge in [0, 0.05) is 45.8 Å². The van der Waals surface area contributed by atoms with Crippen LogP contribution < -0.4 is 50.0 Å². The van der Waals surface area contributed by atoms with Crippen molar-refractivity contribution >= 4 is 76.6 Å². The minimum absolute atomic E-state index is 0. The van der Waals surface area contributed by atoms with Crippen LogP contribution in [0, 0.1) is 20.2 Å². The van der Waals surface area contributed by atoms with Gasteiger partial charge in [-0.2, -0.15) is 28.9 Å². The molecule has 0 atom stereocenters. The van der Waals surface area contributed by atoms with Crippen molar-refractivity contribution in [3.63, 3.8) is 0 Å². The van der Waals surface area contributed by atoms with E-state index in [4.69, 9.17) is 0 Å².